The van der Waals surface area contributed by atoms with Gasteiger partial charge in [-0.1, -0.05) is 17.7 Å². The molecule has 3 aromatic rings. The number of nitrogens with zero attached hydrogens (tertiary/aromatic N) is 4. The van der Waals surface area contributed by atoms with E-state index >= 15 is 4.39 Å². The minimum Gasteiger partial charge on any atom is -0.493 e. The molecule has 1 atom stereocenters. The van der Waals surface area contributed by atoms with Crippen LogP contribution in [0.5, 0.6) is 11.5 Å². The molecule has 2 heterocycles. The number of nitrogen functional groups attached to an aromatic ring is 1. The molecular weight excluding hydrogens is 517 g/mol. The number of methoxy groups -OCH3 is 2. The van der Waals surface area contributed by atoms with Crippen molar-refractivity contribution in [2.75, 3.05) is 51.0 Å². The van der Waals surface area contributed by atoms with Crippen molar-refractivity contribution in [2.45, 2.75) is 12.5 Å². The molecule has 4 N–H and O–H groups in total. The van der Waals surface area contributed by atoms with Gasteiger partial charge in [0.25, 0.3) is 0 Å². The number of nitrogens with two attached hydrogens (primary N) is 2. The number of aromatic nitrogens is 2. The molecule has 0 radical (unpaired) electrons. The summed E-state index contributed by atoms with van der Waals surface area (Å²) in [4.78, 5) is 25.0. The van der Waals surface area contributed by atoms with Gasteiger partial charge in [-0.05, 0) is 23.8 Å². The standard InChI is InChI=1S/C23H25ClF2N6O3.ClH/c1-34-17-10-13-20(19(26)21(17)35-2)29-23(30-22(13)28)32-7-5-31(6-8-32)18(33)11-16(27)12-3-4-15(25)14(24)9-12;/h3-4,9-10,16H,5-8,11,27H2,1-2H3,(H2,28,29,30);1H/t16-;/m1./s1. The normalized spacial score (nSPS) is 14.4. The van der Waals surface area contributed by atoms with Crippen LogP contribution in [0.3, 0.4) is 0 Å². The second-order valence-corrected chi connectivity index (χ2v) is 8.49. The number of fused-ring (bicyclic) bond motifs is 1. The van der Waals surface area contributed by atoms with Gasteiger partial charge in [-0.3, -0.25) is 4.79 Å². The lowest BCUT2D eigenvalue weighted by molar-refractivity contribution is -0.131. The first kappa shape index (κ1) is 27.4. The first-order valence-corrected chi connectivity index (χ1v) is 11.2. The SMILES string of the molecule is COc1cc2c(N)nc(N3CCN(C(=O)C[C@@H](N)c4ccc(F)c(Cl)c4)CC3)nc2c(F)c1OC.Cl. The summed E-state index contributed by atoms with van der Waals surface area (Å²) in [6.07, 6.45) is 0.0498. The summed E-state index contributed by atoms with van der Waals surface area (Å²) in [7, 11) is 2.74. The molecular formula is C23H26Cl2F2N6O3. The van der Waals surface area contributed by atoms with Gasteiger partial charge >= 0.3 is 0 Å². The average Bonchev–Trinajstić information content (AvgIpc) is 2.85. The minimum atomic E-state index is -0.694. The van der Waals surface area contributed by atoms with Crippen molar-refractivity contribution < 1.29 is 23.0 Å². The average molecular weight is 543 g/mol. The number of carbonyl (C=O) groups is 1. The number of piperazine rings is 1. The first-order valence-electron chi connectivity index (χ1n) is 10.8. The van der Waals surface area contributed by atoms with Crippen LogP contribution in [0.1, 0.15) is 18.0 Å². The van der Waals surface area contributed by atoms with E-state index in [1.807, 2.05) is 4.90 Å². The lowest BCUT2D eigenvalue weighted by Crippen LogP contribution is -2.49. The van der Waals surface area contributed by atoms with E-state index in [4.69, 9.17) is 32.5 Å². The molecule has 0 unspecified atom stereocenters. The summed E-state index contributed by atoms with van der Waals surface area (Å²) < 4.78 is 38.7. The molecule has 13 heteroatoms. The Morgan fingerprint density at radius 1 is 1.14 bits per heavy atom. The molecule has 0 aliphatic carbocycles. The van der Waals surface area contributed by atoms with E-state index in [1.165, 1.54) is 38.5 Å². The van der Waals surface area contributed by atoms with E-state index in [2.05, 4.69) is 9.97 Å². The van der Waals surface area contributed by atoms with Crippen molar-refractivity contribution in [1.29, 1.82) is 0 Å². The molecule has 194 valence electrons. The van der Waals surface area contributed by atoms with Crippen LogP contribution in [0, 0.1) is 11.6 Å². The van der Waals surface area contributed by atoms with Crippen LogP contribution in [0.15, 0.2) is 24.3 Å². The van der Waals surface area contributed by atoms with Crippen LogP contribution in [0.4, 0.5) is 20.5 Å². The highest BCUT2D eigenvalue weighted by molar-refractivity contribution is 6.30. The fourth-order valence-corrected chi connectivity index (χ4v) is 4.20. The maximum Gasteiger partial charge on any atom is 0.228 e. The third-order valence-corrected chi connectivity index (χ3v) is 6.27. The minimum absolute atomic E-state index is 0. The zero-order valence-corrected chi connectivity index (χ0v) is 21.2. The smallest absolute Gasteiger partial charge is 0.228 e. The Hall–Kier alpha value is -3.15. The molecule has 4 rings (SSSR count). The quantitative estimate of drug-likeness (QED) is 0.486. The van der Waals surface area contributed by atoms with Gasteiger partial charge in [-0.25, -0.2) is 13.8 Å². The van der Waals surface area contributed by atoms with E-state index < -0.39 is 17.7 Å². The Morgan fingerprint density at radius 2 is 1.83 bits per heavy atom. The number of hydrogen-bond acceptors (Lipinski definition) is 8. The van der Waals surface area contributed by atoms with Gasteiger partial charge in [0.2, 0.25) is 11.9 Å². The summed E-state index contributed by atoms with van der Waals surface area (Å²) in [5, 5.41) is 0.272. The van der Waals surface area contributed by atoms with Crippen molar-refractivity contribution in [3.05, 3.63) is 46.5 Å². The Kier molecular flexibility index (Phi) is 8.59. The highest BCUT2D eigenvalue weighted by Gasteiger charge is 2.26. The molecule has 1 fully saturated rings. The number of anilines is 2. The zero-order valence-electron chi connectivity index (χ0n) is 19.6. The fourth-order valence-electron chi connectivity index (χ4n) is 4.01. The van der Waals surface area contributed by atoms with Crippen molar-refractivity contribution in [2.24, 2.45) is 5.73 Å². The summed E-state index contributed by atoms with van der Waals surface area (Å²) in [5.74, 6) is -0.899. The Labute approximate surface area is 217 Å². The van der Waals surface area contributed by atoms with Gasteiger partial charge in [-0.15, -0.1) is 12.4 Å². The van der Waals surface area contributed by atoms with Crippen molar-refractivity contribution >= 4 is 52.6 Å². The van der Waals surface area contributed by atoms with Crippen molar-refractivity contribution in [1.82, 2.24) is 14.9 Å². The van der Waals surface area contributed by atoms with Gasteiger partial charge < -0.3 is 30.7 Å². The predicted molar refractivity (Wildman–Crippen MR) is 136 cm³/mol. The summed E-state index contributed by atoms with van der Waals surface area (Å²) in [5.41, 5.74) is 12.8. The summed E-state index contributed by atoms with van der Waals surface area (Å²) in [6, 6.07) is 5.09. The van der Waals surface area contributed by atoms with Gasteiger partial charge in [0.05, 0.1) is 19.2 Å². The molecule has 1 aliphatic heterocycles. The Bertz CT molecular complexity index is 1270. The van der Waals surface area contributed by atoms with Crippen LogP contribution >= 0.6 is 24.0 Å². The number of benzene rings is 2. The highest BCUT2D eigenvalue weighted by Crippen LogP contribution is 2.37. The molecule has 2 aromatic carbocycles. The number of amides is 1. The van der Waals surface area contributed by atoms with Gasteiger partial charge in [-0.2, -0.15) is 4.98 Å². The van der Waals surface area contributed by atoms with Gasteiger partial charge in [0.1, 0.15) is 17.2 Å². The van der Waals surface area contributed by atoms with Crippen LogP contribution in [-0.4, -0.2) is 61.2 Å². The summed E-state index contributed by atoms with van der Waals surface area (Å²) >= 11 is 5.82. The van der Waals surface area contributed by atoms with E-state index in [0.717, 1.165) is 0 Å². The number of rotatable bonds is 6. The lowest BCUT2D eigenvalue weighted by Gasteiger charge is -2.35. The topological polar surface area (TPSA) is 120 Å². The largest absolute Gasteiger partial charge is 0.493 e. The molecule has 36 heavy (non-hydrogen) atoms. The van der Waals surface area contributed by atoms with Gasteiger partial charge in [0.15, 0.2) is 17.3 Å². The number of carbonyl (C=O) groups excluding carboxylic acids is 1. The molecule has 1 saturated heterocycles. The molecule has 0 saturated carbocycles. The maximum atomic E-state index is 15.1. The van der Waals surface area contributed by atoms with Crippen LogP contribution in [0.25, 0.3) is 10.9 Å². The molecule has 0 bridgehead atoms. The van der Waals surface area contributed by atoms with Crippen molar-refractivity contribution in [3.8, 4) is 11.5 Å². The molecule has 1 aliphatic rings. The lowest BCUT2D eigenvalue weighted by atomic mass is 10.0. The van der Waals surface area contributed by atoms with Crippen LogP contribution < -0.4 is 25.8 Å². The van der Waals surface area contributed by atoms with E-state index in [0.29, 0.717) is 37.1 Å². The number of ether oxygens (including phenoxy) is 2. The summed E-state index contributed by atoms with van der Waals surface area (Å²) in [6.45, 7) is 1.63. The zero-order chi connectivity index (χ0) is 25.3. The van der Waals surface area contributed by atoms with Gasteiger partial charge in [0, 0.05) is 44.0 Å². The number of halogens is 4. The predicted octanol–water partition coefficient (Wildman–Crippen LogP) is 3.32. The van der Waals surface area contributed by atoms with Crippen LogP contribution in [-0.2, 0) is 4.79 Å². The fraction of sp³-hybridized carbons (Fsp3) is 0.348. The number of hydrogen-bond donors (Lipinski definition) is 2. The monoisotopic (exact) mass is 542 g/mol. The first-order chi connectivity index (χ1) is 16.7. The second-order valence-electron chi connectivity index (χ2n) is 8.08. The third kappa shape index (κ3) is 5.32. The van der Waals surface area contributed by atoms with E-state index in [1.54, 1.807) is 4.90 Å². The molecule has 9 nitrogen and oxygen atoms in total. The van der Waals surface area contributed by atoms with Crippen molar-refractivity contribution in [3.63, 3.8) is 0 Å². The van der Waals surface area contributed by atoms with E-state index in [-0.39, 0.29) is 58.5 Å². The molecule has 1 aromatic heterocycles. The maximum absolute atomic E-state index is 15.1. The Morgan fingerprint density at radius 3 is 2.44 bits per heavy atom. The Balaban J connectivity index is 0.00000361. The van der Waals surface area contributed by atoms with E-state index in [9.17, 15) is 9.18 Å². The third-order valence-electron chi connectivity index (χ3n) is 5.98. The highest BCUT2D eigenvalue weighted by atomic mass is 35.5. The second kappa shape index (κ2) is 11.3. The van der Waals surface area contributed by atoms with Crippen LogP contribution in [0.2, 0.25) is 5.02 Å². The molecule has 0 spiro atoms. The molecule has 1 amide bonds.